The second-order valence-electron chi connectivity index (χ2n) is 7.13. The molecular formula is C21H23F2NO. The molecule has 2 unspecified atom stereocenters. The molecule has 1 saturated heterocycles. The van der Waals surface area contributed by atoms with E-state index >= 15 is 0 Å². The van der Waals surface area contributed by atoms with Crippen LogP contribution in [0.5, 0.6) is 0 Å². The van der Waals surface area contributed by atoms with Gasteiger partial charge in [-0.3, -0.25) is 4.79 Å². The van der Waals surface area contributed by atoms with E-state index in [0.717, 1.165) is 29.3 Å². The third-order valence-electron chi connectivity index (χ3n) is 5.05. The van der Waals surface area contributed by atoms with Crippen LogP contribution in [0.1, 0.15) is 30.0 Å². The van der Waals surface area contributed by atoms with E-state index in [4.69, 9.17) is 0 Å². The van der Waals surface area contributed by atoms with Crippen LogP contribution in [0.3, 0.4) is 0 Å². The molecule has 0 saturated carbocycles. The molecule has 2 nitrogen and oxygen atoms in total. The molecule has 0 N–H and O–H groups in total. The maximum absolute atomic E-state index is 14.0. The second-order valence-corrected chi connectivity index (χ2v) is 7.13. The van der Waals surface area contributed by atoms with Crippen molar-refractivity contribution in [3.8, 4) is 0 Å². The molecular weight excluding hydrogens is 320 g/mol. The summed E-state index contributed by atoms with van der Waals surface area (Å²) in [5.41, 5.74) is 3.60. The summed E-state index contributed by atoms with van der Waals surface area (Å²) in [6.45, 7) is 6.49. The van der Waals surface area contributed by atoms with Crippen LogP contribution in [-0.2, 0) is 11.2 Å². The number of aryl methyl sites for hydroxylation is 2. The summed E-state index contributed by atoms with van der Waals surface area (Å²) in [6, 6.07) is 9.72. The Bertz CT molecular complexity index is 782. The molecule has 0 radical (unpaired) electrons. The number of piperidine rings is 1. The molecule has 1 fully saturated rings. The first kappa shape index (κ1) is 17.6. The van der Waals surface area contributed by atoms with Gasteiger partial charge in [-0.2, -0.15) is 0 Å². The lowest BCUT2D eigenvalue weighted by atomic mass is 9.84. The first-order valence-corrected chi connectivity index (χ1v) is 8.68. The van der Waals surface area contributed by atoms with Crippen molar-refractivity contribution in [2.24, 2.45) is 11.8 Å². The van der Waals surface area contributed by atoms with E-state index in [1.54, 1.807) is 0 Å². The molecule has 1 aliphatic heterocycles. The molecule has 4 heteroatoms. The van der Waals surface area contributed by atoms with E-state index < -0.39 is 11.6 Å². The molecule has 1 amide bonds. The summed E-state index contributed by atoms with van der Waals surface area (Å²) < 4.78 is 27.1. The standard InChI is InChI=1S/C21H23F2NO/c1-13-5-4-6-14(2)20(13)24-12-16(9-15(3)21(24)25)10-17-7-8-18(22)11-19(17)23/h4-8,11,15-16H,9-10,12H2,1-3H3. The predicted octanol–water partition coefficient (Wildman–Crippen LogP) is 4.81. The molecule has 0 aliphatic carbocycles. The van der Waals surface area contributed by atoms with Gasteiger partial charge in [0.2, 0.25) is 5.91 Å². The van der Waals surface area contributed by atoms with E-state index in [9.17, 15) is 13.6 Å². The lowest BCUT2D eigenvalue weighted by Crippen LogP contribution is -2.46. The van der Waals surface area contributed by atoms with Crippen LogP contribution >= 0.6 is 0 Å². The summed E-state index contributed by atoms with van der Waals surface area (Å²) in [7, 11) is 0. The maximum Gasteiger partial charge on any atom is 0.229 e. The average Bonchev–Trinajstić information content (AvgIpc) is 2.54. The van der Waals surface area contributed by atoms with E-state index in [1.165, 1.54) is 12.1 Å². The van der Waals surface area contributed by atoms with Gasteiger partial charge in [0.15, 0.2) is 0 Å². The monoisotopic (exact) mass is 343 g/mol. The van der Waals surface area contributed by atoms with Gasteiger partial charge in [-0.1, -0.05) is 31.2 Å². The van der Waals surface area contributed by atoms with Crippen LogP contribution in [0.4, 0.5) is 14.5 Å². The number of hydrogen-bond acceptors (Lipinski definition) is 1. The minimum atomic E-state index is -0.564. The highest BCUT2D eigenvalue weighted by molar-refractivity contribution is 5.97. The third kappa shape index (κ3) is 3.58. The molecule has 2 aromatic carbocycles. The molecule has 0 aromatic heterocycles. The molecule has 132 valence electrons. The Hall–Kier alpha value is -2.23. The van der Waals surface area contributed by atoms with Crippen LogP contribution in [0.25, 0.3) is 0 Å². The van der Waals surface area contributed by atoms with Gasteiger partial charge < -0.3 is 4.90 Å². The number of benzene rings is 2. The Kier molecular flexibility index (Phi) is 4.89. The summed E-state index contributed by atoms with van der Waals surface area (Å²) in [5, 5.41) is 0. The SMILES string of the molecule is Cc1cccc(C)c1N1CC(Cc2ccc(F)cc2F)CC(C)C1=O. The number of halogens is 2. The smallest absolute Gasteiger partial charge is 0.229 e. The summed E-state index contributed by atoms with van der Waals surface area (Å²) in [5.74, 6) is -0.921. The van der Waals surface area contributed by atoms with Gasteiger partial charge in [0, 0.05) is 24.2 Å². The quantitative estimate of drug-likeness (QED) is 0.783. The lowest BCUT2D eigenvalue weighted by molar-refractivity contribution is -0.124. The van der Waals surface area contributed by atoms with E-state index in [2.05, 4.69) is 0 Å². The number of amides is 1. The van der Waals surface area contributed by atoms with Crippen molar-refractivity contribution < 1.29 is 13.6 Å². The fourth-order valence-corrected chi connectivity index (χ4v) is 3.87. The van der Waals surface area contributed by atoms with E-state index in [-0.39, 0.29) is 17.7 Å². The first-order valence-electron chi connectivity index (χ1n) is 8.68. The molecule has 1 aliphatic rings. The number of carbonyl (C=O) groups excluding carboxylic acids is 1. The zero-order chi connectivity index (χ0) is 18.1. The van der Waals surface area contributed by atoms with E-state index in [0.29, 0.717) is 18.5 Å². The highest BCUT2D eigenvalue weighted by Gasteiger charge is 2.33. The average molecular weight is 343 g/mol. The van der Waals surface area contributed by atoms with Gasteiger partial charge in [0.1, 0.15) is 11.6 Å². The number of para-hydroxylation sites is 1. The number of nitrogens with zero attached hydrogens (tertiary/aromatic N) is 1. The summed E-state index contributed by atoms with van der Waals surface area (Å²) in [4.78, 5) is 14.6. The fourth-order valence-electron chi connectivity index (χ4n) is 3.87. The van der Waals surface area contributed by atoms with Crippen molar-refractivity contribution in [2.45, 2.75) is 33.6 Å². The summed E-state index contributed by atoms with van der Waals surface area (Å²) >= 11 is 0. The van der Waals surface area contributed by atoms with Crippen LogP contribution in [-0.4, -0.2) is 12.5 Å². The Morgan fingerprint density at radius 3 is 2.44 bits per heavy atom. The van der Waals surface area contributed by atoms with Gasteiger partial charge in [0.25, 0.3) is 0 Å². The zero-order valence-corrected chi connectivity index (χ0v) is 14.9. The molecule has 0 bridgehead atoms. The van der Waals surface area contributed by atoms with Gasteiger partial charge >= 0.3 is 0 Å². The van der Waals surface area contributed by atoms with Crippen molar-refractivity contribution >= 4 is 11.6 Å². The normalized spacial score (nSPS) is 20.8. The number of rotatable bonds is 3. The van der Waals surface area contributed by atoms with Crippen LogP contribution < -0.4 is 4.90 Å². The zero-order valence-electron chi connectivity index (χ0n) is 14.9. The first-order chi connectivity index (χ1) is 11.9. The Morgan fingerprint density at radius 1 is 1.12 bits per heavy atom. The Morgan fingerprint density at radius 2 is 1.80 bits per heavy atom. The van der Waals surface area contributed by atoms with Crippen molar-refractivity contribution in [3.05, 3.63) is 64.7 Å². The number of hydrogen-bond donors (Lipinski definition) is 0. The Balaban J connectivity index is 1.87. The van der Waals surface area contributed by atoms with Gasteiger partial charge in [-0.05, 0) is 55.4 Å². The van der Waals surface area contributed by atoms with Crippen LogP contribution in [0.15, 0.2) is 36.4 Å². The van der Waals surface area contributed by atoms with Crippen molar-refractivity contribution in [1.29, 1.82) is 0 Å². The molecule has 0 spiro atoms. The van der Waals surface area contributed by atoms with E-state index in [1.807, 2.05) is 43.9 Å². The molecule has 2 atom stereocenters. The third-order valence-corrected chi connectivity index (χ3v) is 5.05. The topological polar surface area (TPSA) is 20.3 Å². The van der Waals surface area contributed by atoms with Gasteiger partial charge in [-0.25, -0.2) is 8.78 Å². The highest BCUT2D eigenvalue weighted by atomic mass is 19.1. The summed E-state index contributed by atoms with van der Waals surface area (Å²) in [6.07, 6.45) is 1.22. The molecule has 3 rings (SSSR count). The van der Waals surface area contributed by atoms with Crippen molar-refractivity contribution in [3.63, 3.8) is 0 Å². The maximum atomic E-state index is 14.0. The minimum Gasteiger partial charge on any atom is -0.311 e. The number of anilines is 1. The van der Waals surface area contributed by atoms with Crippen LogP contribution in [0, 0.1) is 37.3 Å². The molecule has 2 aromatic rings. The highest BCUT2D eigenvalue weighted by Crippen LogP contribution is 2.33. The van der Waals surface area contributed by atoms with Crippen LogP contribution in [0.2, 0.25) is 0 Å². The number of carbonyl (C=O) groups is 1. The Labute approximate surface area is 147 Å². The lowest BCUT2D eigenvalue weighted by Gasteiger charge is -2.37. The van der Waals surface area contributed by atoms with Gasteiger partial charge in [-0.15, -0.1) is 0 Å². The van der Waals surface area contributed by atoms with Gasteiger partial charge in [0.05, 0.1) is 0 Å². The minimum absolute atomic E-state index is 0.110. The fraction of sp³-hybridized carbons (Fsp3) is 0.381. The van der Waals surface area contributed by atoms with Crippen molar-refractivity contribution in [1.82, 2.24) is 0 Å². The molecule has 25 heavy (non-hydrogen) atoms. The second kappa shape index (κ2) is 6.95. The predicted molar refractivity (Wildman–Crippen MR) is 95.6 cm³/mol. The largest absolute Gasteiger partial charge is 0.311 e. The van der Waals surface area contributed by atoms with Crippen molar-refractivity contribution in [2.75, 3.05) is 11.4 Å². The molecule has 1 heterocycles.